The number of benzene rings is 1. The molecule has 0 saturated carbocycles. The van der Waals surface area contributed by atoms with Crippen molar-refractivity contribution in [3.8, 4) is 0 Å². The number of amides is 1. The molecule has 1 heterocycles. The number of carbonyl (C=O) groups excluding carboxylic acids is 1. The second-order valence-corrected chi connectivity index (χ2v) is 9.13. The monoisotopic (exact) mass is 397 g/mol. The van der Waals surface area contributed by atoms with E-state index in [0.29, 0.717) is 27.4 Å². The van der Waals surface area contributed by atoms with Crippen molar-refractivity contribution >= 4 is 55.0 Å². The van der Waals surface area contributed by atoms with Crippen LogP contribution in [0.1, 0.15) is 10.4 Å². The van der Waals surface area contributed by atoms with Crippen molar-refractivity contribution in [3.63, 3.8) is 0 Å². The SMILES string of the molecule is CS(=O)(=O)C1CSCCN1C(=O)c1cc(Cl)ccc1Br. The van der Waals surface area contributed by atoms with Crippen LogP contribution in [0.5, 0.6) is 0 Å². The number of rotatable bonds is 2. The summed E-state index contributed by atoms with van der Waals surface area (Å²) in [5.74, 6) is 0.828. The van der Waals surface area contributed by atoms with Gasteiger partial charge in [0, 0.05) is 33.8 Å². The van der Waals surface area contributed by atoms with Crippen molar-refractivity contribution in [2.45, 2.75) is 5.37 Å². The van der Waals surface area contributed by atoms with Gasteiger partial charge in [0.1, 0.15) is 5.37 Å². The maximum absolute atomic E-state index is 12.6. The predicted molar refractivity (Wildman–Crippen MR) is 86.1 cm³/mol. The Morgan fingerprint density at radius 3 is 2.85 bits per heavy atom. The van der Waals surface area contributed by atoms with Gasteiger partial charge in [-0.3, -0.25) is 4.79 Å². The average molecular weight is 399 g/mol. The molecule has 8 heteroatoms. The van der Waals surface area contributed by atoms with Gasteiger partial charge in [-0.05, 0) is 34.1 Å². The summed E-state index contributed by atoms with van der Waals surface area (Å²) < 4.78 is 24.3. The van der Waals surface area contributed by atoms with Crippen molar-refractivity contribution in [1.82, 2.24) is 4.90 Å². The molecule has 1 saturated heterocycles. The standard InChI is InChI=1S/C12H13BrClNO3S2/c1-20(17,18)11-7-19-5-4-15(11)12(16)9-6-8(14)2-3-10(9)13/h2-3,6,11H,4-5,7H2,1H3. The molecule has 1 amide bonds. The summed E-state index contributed by atoms with van der Waals surface area (Å²) in [5, 5.41) is -0.335. The first-order valence-corrected chi connectivity index (χ1v) is 10.1. The molecule has 1 atom stereocenters. The van der Waals surface area contributed by atoms with Crippen LogP contribution in [-0.4, -0.2) is 48.9 Å². The Balaban J connectivity index is 2.37. The largest absolute Gasteiger partial charge is 0.320 e. The average Bonchev–Trinajstić information content (AvgIpc) is 2.40. The molecular formula is C12H13BrClNO3S2. The van der Waals surface area contributed by atoms with Crippen LogP contribution in [0.2, 0.25) is 5.02 Å². The number of halogens is 2. The van der Waals surface area contributed by atoms with Gasteiger partial charge >= 0.3 is 0 Å². The number of sulfone groups is 1. The lowest BCUT2D eigenvalue weighted by atomic mass is 10.2. The summed E-state index contributed by atoms with van der Waals surface area (Å²) in [4.78, 5) is 14.0. The van der Waals surface area contributed by atoms with Gasteiger partial charge in [-0.2, -0.15) is 11.8 Å². The van der Waals surface area contributed by atoms with Gasteiger partial charge in [0.2, 0.25) is 0 Å². The predicted octanol–water partition coefficient (Wildman–Crippen LogP) is 2.66. The number of hydrogen-bond donors (Lipinski definition) is 0. The Morgan fingerprint density at radius 1 is 1.50 bits per heavy atom. The minimum absolute atomic E-state index is 0.310. The molecule has 1 aliphatic rings. The van der Waals surface area contributed by atoms with Gasteiger partial charge in [0.25, 0.3) is 5.91 Å². The highest BCUT2D eigenvalue weighted by molar-refractivity contribution is 9.10. The van der Waals surface area contributed by atoms with Crippen LogP contribution in [0.15, 0.2) is 22.7 Å². The molecule has 0 spiro atoms. The van der Waals surface area contributed by atoms with Gasteiger partial charge in [0.05, 0.1) is 5.56 Å². The summed E-state index contributed by atoms with van der Waals surface area (Å²) in [5.41, 5.74) is 0.387. The summed E-state index contributed by atoms with van der Waals surface area (Å²) in [7, 11) is -3.32. The minimum Gasteiger partial charge on any atom is -0.320 e. The van der Waals surface area contributed by atoms with E-state index < -0.39 is 15.2 Å². The molecule has 2 rings (SSSR count). The maximum atomic E-state index is 12.6. The zero-order chi connectivity index (χ0) is 14.9. The van der Waals surface area contributed by atoms with Crippen molar-refractivity contribution in [2.75, 3.05) is 24.3 Å². The zero-order valence-electron chi connectivity index (χ0n) is 10.7. The summed E-state index contributed by atoms with van der Waals surface area (Å²) in [6, 6.07) is 4.90. The van der Waals surface area contributed by atoms with E-state index in [2.05, 4.69) is 15.9 Å². The molecule has 0 radical (unpaired) electrons. The summed E-state index contributed by atoms with van der Waals surface area (Å²) in [6.07, 6.45) is 1.16. The molecule has 1 aromatic rings. The molecule has 4 nitrogen and oxygen atoms in total. The fourth-order valence-corrected chi connectivity index (χ4v) is 5.39. The van der Waals surface area contributed by atoms with Crippen LogP contribution < -0.4 is 0 Å². The fraction of sp³-hybridized carbons (Fsp3) is 0.417. The molecule has 1 aromatic carbocycles. The molecule has 20 heavy (non-hydrogen) atoms. The highest BCUT2D eigenvalue weighted by atomic mass is 79.9. The third-order valence-electron chi connectivity index (χ3n) is 3.00. The number of thioether (sulfide) groups is 1. The van der Waals surface area contributed by atoms with Crippen LogP contribution in [0.3, 0.4) is 0 Å². The smallest absolute Gasteiger partial charge is 0.256 e. The van der Waals surface area contributed by atoms with Crippen molar-refractivity contribution in [2.24, 2.45) is 0 Å². The minimum atomic E-state index is -3.32. The zero-order valence-corrected chi connectivity index (χ0v) is 14.7. The van der Waals surface area contributed by atoms with Crippen molar-refractivity contribution < 1.29 is 13.2 Å². The van der Waals surface area contributed by atoms with Gasteiger partial charge in [-0.25, -0.2) is 8.42 Å². The molecule has 0 bridgehead atoms. The third-order valence-corrected chi connectivity index (χ3v) is 6.57. The Kier molecular flexibility index (Phi) is 5.05. The van der Waals surface area contributed by atoms with E-state index in [1.807, 2.05) is 0 Å². The molecule has 0 N–H and O–H groups in total. The lowest BCUT2D eigenvalue weighted by Crippen LogP contribution is -2.50. The van der Waals surface area contributed by atoms with Crippen molar-refractivity contribution in [1.29, 1.82) is 0 Å². The summed E-state index contributed by atoms with van der Waals surface area (Å²) >= 11 is 10.8. The van der Waals surface area contributed by atoms with E-state index in [1.54, 1.807) is 30.0 Å². The van der Waals surface area contributed by atoms with Gasteiger partial charge in [0.15, 0.2) is 9.84 Å². The Morgan fingerprint density at radius 2 is 2.20 bits per heavy atom. The van der Waals surface area contributed by atoms with Crippen LogP contribution in [0, 0.1) is 0 Å². The maximum Gasteiger partial charge on any atom is 0.256 e. The van der Waals surface area contributed by atoms with E-state index in [1.165, 1.54) is 4.90 Å². The van der Waals surface area contributed by atoms with Crippen molar-refractivity contribution in [3.05, 3.63) is 33.3 Å². The molecule has 0 aliphatic carbocycles. The molecular weight excluding hydrogens is 386 g/mol. The van der Waals surface area contributed by atoms with E-state index >= 15 is 0 Å². The summed E-state index contributed by atoms with van der Waals surface area (Å²) in [6.45, 7) is 0.417. The van der Waals surface area contributed by atoms with Gasteiger partial charge in [-0.15, -0.1) is 0 Å². The molecule has 1 unspecified atom stereocenters. The van der Waals surface area contributed by atoms with E-state index in [0.717, 1.165) is 12.0 Å². The van der Waals surface area contributed by atoms with E-state index in [-0.39, 0.29) is 5.91 Å². The molecule has 1 aliphatic heterocycles. The topological polar surface area (TPSA) is 54.5 Å². The van der Waals surface area contributed by atoms with E-state index in [9.17, 15) is 13.2 Å². The first kappa shape index (κ1) is 16.1. The van der Waals surface area contributed by atoms with Gasteiger partial charge in [-0.1, -0.05) is 11.6 Å². The highest BCUT2D eigenvalue weighted by Crippen LogP contribution is 2.27. The normalized spacial score (nSPS) is 19.9. The van der Waals surface area contributed by atoms with Crippen LogP contribution in [-0.2, 0) is 9.84 Å². The Hall–Kier alpha value is -0.240. The third kappa shape index (κ3) is 3.50. The number of nitrogens with zero attached hydrogens (tertiary/aromatic N) is 1. The number of carbonyl (C=O) groups is 1. The second kappa shape index (κ2) is 6.25. The van der Waals surface area contributed by atoms with Crippen LogP contribution in [0.25, 0.3) is 0 Å². The lowest BCUT2D eigenvalue weighted by Gasteiger charge is -2.34. The lowest BCUT2D eigenvalue weighted by molar-refractivity contribution is 0.0748. The Labute approximate surface area is 135 Å². The quantitative estimate of drug-likeness (QED) is 0.768. The highest BCUT2D eigenvalue weighted by Gasteiger charge is 2.35. The second-order valence-electron chi connectivity index (χ2n) is 4.48. The first-order valence-electron chi connectivity index (χ1n) is 5.83. The van der Waals surface area contributed by atoms with Crippen LogP contribution >= 0.6 is 39.3 Å². The van der Waals surface area contributed by atoms with E-state index in [4.69, 9.17) is 11.6 Å². The first-order chi connectivity index (χ1) is 9.30. The molecule has 110 valence electrons. The molecule has 1 fully saturated rings. The Bertz CT molecular complexity index is 636. The molecule has 0 aromatic heterocycles. The van der Waals surface area contributed by atoms with Gasteiger partial charge < -0.3 is 4.90 Å². The fourth-order valence-electron chi connectivity index (χ4n) is 1.98. The number of hydrogen-bond acceptors (Lipinski definition) is 4. The van der Waals surface area contributed by atoms with Crippen LogP contribution in [0.4, 0.5) is 0 Å².